The highest BCUT2D eigenvalue weighted by Crippen LogP contribution is 2.42. The van der Waals surface area contributed by atoms with Gasteiger partial charge in [0, 0.05) is 56.4 Å². The minimum absolute atomic E-state index is 0.351. The fraction of sp³-hybridized carbons (Fsp3) is 0.0943. The van der Waals surface area contributed by atoms with E-state index in [0.717, 1.165) is 23.6 Å². The van der Waals surface area contributed by atoms with Gasteiger partial charge in [0.25, 0.3) is 0 Å². The van der Waals surface area contributed by atoms with Crippen molar-refractivity contribution in [2.45, 2.75) is 32.2 Å². The highest BCUT2D eigenvalue weighted by Gasteiger charge is 2.21. The number of aromatic nitrogens is 2. The molecule has 8 aromatic carbocycles. The number of rotatable bonds is 9. The van der Waals surface area contributed by atoms with Crippen molar-refractivity contribution in [1.82, 2.24) is 9.13 Å². The standard InChI is InChI=1S/C53H43N3/c1-37(38(2)41-30-32-45(33-31-41)55(42-16-6-3-7-17-42)43-18-8-4-9-19-43)40-28-26-39(27-29-40)36-54-49-24-14-12-22-46(49)47-34-35-51-52(53(47)54)48-23-13-15-25-50(48)56(51)44-20-10-5-11-21-44/h3-35,37-38H,36H2,1-2H3. The van der Waals surface area contributed by atoms with Crippen LogP contribution in [0.1, 0.15) is 42.4 Å². The lowest BCUT2D eigenvalue weighted by Gasteiger charge is -2.26. The Morgan fingerprint density at radius 3 is 1.54 bits per heavy atom. The van der Waals surface area contributed by atoms with Crippen LogP contribution in [0.15, 0.2) is 200 Å². The minimum atomic E-state index is 0.351. The summed E-state index contributed by atoms with van der Waals surface area (Å²) in [5.41, 5.74) is 13.6. The third kappa shape index (κ3) is 5.75. The molecule has 0 aliphatic rings. The highest BCUT2D eigenvalue weighted by atomic mass is 15.1. The van der Waals surface area contributed by atoms with Crippen LogP contribution in [-0.4, -0.2) is 9.13 Å². The number of anilines is 3. The Balaban J connectivity index is 0.975. The van der Waals surface area contributed by atoms with Gasteiger partial charge in [-0.25, -0.2) is 0 Å². The Morgan fingerprint density at radius 2 is 0.911 bits per heavy atom. The summed E-state index contributed by atoms with van der Waals surface area (Å²) < 4.78 is 4.96. The van der Waals surface area contributed by atoms with Gasteiger partial charge < -0.3 is 14.0 Å². The minimum Gasteiger partial charge on any atom is -0.335 e. The summed E-state index contributed by atoms with van der Waals surface area (Å²) in [6.45, 7) is 5.51. The zero-order valence-electron chi connectivity index (χ0n) is 31.8. The molecule has 270 valence electrons. The van der Waals surface area contributed by atoms with E-state index < -0.39 is 0 Å². The summed E-state index contributed by atoms with van der Waals surface area (Å²) in [4.78, 5) is 2.32. The second-order valence-electron chi connectivity index (χ2n) is 15.1. The van der Waals surface area contributed by atoms with E-state index in [9.17, 15) is 0 Å². The zero-order valence-corrected chi connectivity index (χ0v) is 31.8. The summed E-state index contributed by atoms with van der Waals surface area (Å²) in [6.07, 6.45) is 0. The van der Waals surface area contributed by atoms with Crippen molar-refractivity contribution in [2.75, 3.05) is 4.90 Å². The molecule has 10 aromatic rings. The van der Waals surface area contributed by atoms with Gasteiger partial charge in [0.15, 0.2) is 0 Å². The van der Waals surface area contributed by atoms with Crippen LogP contribution in [0.4, 0.5) is 17.1 Å². The topological polar surface area (TPSA) is 13.1 Å². The molecule has 0 amide bonds. The van der Waals surface area contributed by atoms with Gasteiger partial charge in [0.05, 0.1) is 16.6 Å². The second kappa shape index (κ2) is 14.1. The van der Waals surface area contributed by atoms with Gasteiger partial charge in [-0.15, -0.1) is 0 Å². The molecule has 0 fully saturated rings. The molecule has 2 atom stereocenters. The second-order valence-corrected chi connectivity index (χ2v) is 15.1. The van der Waals surface area contributed by atoms with E-state index in [1.165, 1.54) is 66.0 Å². The number of hydrogen-bond acceptors (Lipinski definition) is 1. The Labute approximate surface area is 328 Å². The van der Waals surface area contributed by atoms with E-state index in [1.807, 2.05) is 0 Å². The van der Waals surface area contributed by atoms with E-state index in [0.29, 0.717) is 11.8 Å². The lowest BCUT2D eigenvalue weighted by molar-refractivity contribution is 0.623. The fourth-order valence-corrected chi connectivity index (χ4v) is 8.83. The molecule has 3 heteroatoms. The number of hydrogen-bond donors (Lipinski definition) is 0. The Morgan fingerprint density at radius 1 is 0.411 bits per heavy atom. The first-order valence-corrected chi connectivity index (χ1v) is 19.7. The van der Waals surface area contributed by atoms with Gasteiger partial charge >= 0.3 is 0 Å². The number of benzene rings is 8. The van der Waals surface area contributed by atoms with E-state index in [4.69, 9.17) is 0 Å². The van der Waals surface area contributed by atoms with Gasteiger partial charge in [-0.2, -0.15) is 0 Å². The highest BCUT2D eigenvalue weighted by molar-refractivity contribution is 6.25. The summed E-state index contributed by atoms with van der Waals surface area (Å²) in [6, 6.07) is 72.9. The maximum atomic E-state index is 2.55. The largest absolute Gasteiger partial charge is 0.335 e. The van der Waals surface area contributed by atoms with Gasteiger partial charge in [0.1, 0.15) is 0 Å². The van der Waals surface area contributed by atoms with Gasteiger partial charge in [0.2, 0.25) is 0 Å². The Hall–Kier alpha value is -6.84. The van der Waals surface area contributed by atoms with Crippen molar-refractivity contribution >= 4 is 60.7 Å². The summed E-state index contributed by atoms with van der Waals surface area (Å²) in [5, 5.41) is 5.17. The quantitative estimate of drug-likeness (QED) is 0.145. The van der Waals surface area contributed by atoms with Crippen molar-refractivity contribution in [1.29, 1.82) is 0 Å². The molecular formula is C53H43N3. The van der Waals surface area contributed by atoms with Gasteiger partial charge in [-0.1, -0.05) is 147 Å². The van der Waals surface area contributed by atoms with Crippen molar-refractivity contribution < 1.29 is 0 Å². The first-order chi connectivity index (χ1) is 27.6. The molecular weight excluding hydrogens is 679 g/mol. The van der Waals surface area contributed by atoms with E-state index >= 15 is 0 Å². The lowest BCUT2D eigenvalue weighted by Crippen LogP contribution is -2.10. The molecule has 2 unspecified atom stereocenters. The summed E-state index contributed by atoms with van der Waals surface area (Å²) in [5.74, 6) is 0.704. The molecule has 0 spiro atoms. The van der Waals surface area contributed by atoms with Crippen molar-refractivity contribution in [3.63, 3.8) is 0 Å². The van der Waals surface area contributed by atoms with Crippen LogP contribution < -0.4 is 4.90 Å². The van der Waals surface area contributed by atoms with Crippen LogP contribution in [0.3, 0.4) is 0 Å². The maximum absolute atomic E-state index is 2.55. The normalized spacial score (nSPS) is 12.8. The fourth-order valence-electron chi connectivity index (χ4n) is 8.83. The molecule has 3 nitrogen and oxygen atoms in total. The average molecular weight is 722 g/mol. The molecule has 0 radical (unpaired) electrons. The Kier molecular flexibility index (Phi) is 8.49. The third-order valence-electron chi connectivity index (χ3n) is 11.9. The maximum Gasteiger partial charge on any atom is 0.0596 e. The average Bonchev–Trinajstić information content (AvgIpc) is 3.77. The molecule has 0 N–H and O–H groups in total. The van der Waals surface area contributed by atoms with Crippen LogP contribution in [0.2, 0.25) is 0 Å². The van der Waals surface area contributed by atoms with Crippen molar-refractivity contribution in [3.8, 4) is 5.69 Å². The summed E-state index contributed by atoms with van der Waals surface area (Å²) >= 11 is 0. The number of fused-ring (bicyclic) bond motifs is 7. The molecule has 0 saturated heterocycles. The molecule has 0 bridgehead atoms. The molecule has 10 rings (SSSR count). The molecule has 0 aliphatic carbocycles. The van der Waals surface area contributed by atoms with Gasteiger partial charge in [-0.05, 0) is 95.3 Å². The first-order valence-electron chi connectivity index (χ1n) is 19.7. The van der Waals surface area contributed by atoms with E-state index in [1.54, 1.807) is 0 Å². The van der Waals surface area contributed by atoms with Crippen molar-refractivity contribution in [3.05, 3.63) is 217 Å². The smallest absolute Gasteiger partial charge is 0.0596 e. The van der Waals surface area contributed by atoms with Crippen molar-refractivity contribution in [2.24, 2.45) is 0 Å². The van der Waals surface area contributed by atoms with Crippen LogP contribution in [0.5, 0.6) is 0 Å². The Bertz CT molecular complexity index is 2900. The zero-order chi connectivity index (χ0) is 37.6. The van der Waals surface area contributed by atoms with Crippen LogP contribution in [0.25, 0.3) is 49.3 Å². The lowest BCUT2D eigenvalue weighted by atomic mass is 9.84. The van der Waals surface area contributed by atoms with Gasteiger partial charge in [-0.3, -0.25) is 0 Å². The number of para-hydroxylation sites is 5. The van der Waals surface area contributed by atoms with Crippen LogP contribution >= 0.6 is 0 Å². The van der Waals surface area contributed by atoms with Crippen LogP contribution in [0, 0.1) is 0 Å². The van der Waals surface area contributed by atoms with E-state index in [2.05, 4.69) is 228 Å². The number of nitrogens with zero attached hydrogens (tertiary/aromatic N) is 3. The molecule has 0 aliphatic heterocycles. The predicted octanol–water partition coefficient (Wildman–Crippen LogP) is 14.3. The molecule has 2 heterocycles. The molecule has 2 aromatic heterocycles. The van der Waals surface area contributed by atoms with Crippen LogP contribution in [-0.2, 0) is 6.54 Å². The van der Waals surface area contributed by atoms with E-state index in [-0.39, 0.29) is 0 Å². The third-order valence-corrected chi connectivity index (χ3v) is 11.9. The molecule has 56 heavy (non-hydrogen) atoms. The first kappa shape index (κ1) is 33.7. The predicted molar refractivity (Wildman–Crippen MR) is 237 cm³/mol. The monoisotopic (exact) mass is 721 g/mol. The molecule has 0 saturated carbocycles. The summed E-state index contributed by atoms with van der Waals surface area (Å²) in [7, 11) is 0. The SMILES string of the molecule is CC(c1ccc(Cn2c3ccccc3c3ccc4c(c5ccccc5n4-c4ccccc4)c32)cc1)C(C)c1ccc(N(c2ccccc2)c2ccccc2)cc1.